The van der Waals surface area contributed by atoms with Crippen molar-refractivity contribution in [2.45, 2.75) is 13.3 Å². The fourth-order valence-corrected chi connectivity index (χ4v) is 2.88. The van der Waals surface area contributed by atoms with Crippen LogP contribution in [0.2, 0.25) is 0 Å². The van der Waals surface area contributed by atoms with Crippen LogP contribution in [0.1, 0.15) is 21.7 Å². The molecule has 1 aliphatic rings. The summed E-state index contributed by atoms with van der Waals surface area (Å²) in [5, 5.41) is 2.93. The fourth-order valence-electron chi connectivity index (χ4n) is 2.88. The third-order valence-electron chi connectivity index (χ3n) is 4.24. The number of benzene rings is 1. The predicted molar refractivity (Wildman–Crippen MR) is 98.8 cm³/mol. The number of carbonyl (C=O) groups excluding carboxylic acids is 1. The van der Waals surface area contributed by atoms with Crippen LogP contribution in [0.15, 0.2) is 30.3 Å². The van der Waals surface area contributed by atoms with Gasteiger partial charge in [-0.15, -0.1) is 0 Å². The number of aromatic nitrogens is 2. The Labute approximate surface area is 153 Å². The average molecular weight is 356 g/mol. The van der Waals surface area contributed by atoms with Crippen LogP contribution in [0.3, 0.4) is 0 Å². The first-order valence-corrected chi connectivity index (χ1v) is 8.76. The highest BCUT2D eigenvalue weighted by atomic mass is 16.5. The molecule has 1 amide bonds. The lowest BCUT2D eigenvalue weighted by Gasteiger charge is -2.27. The van der Waals surface area contributed by atoms with Crippen LogP contribution in [-0.2, 0) is 11.2 Å². The molecule has 138 valence electrons. The van der Waals surface area contributed by atoms with Gasteiger partial charge in [0.15, 0.2) is 0 Å². The smallest absolute Gasteiger partial charge is 0.270 e. The van der Waals surface area contributed by atoms with Crippen molar-refractivity contribution in [1.29, 1.82) is 0 Å². The molecule has 0 bridgehead atoms. The first-order chi connectivity index (χ1) is 12.7. The van der Waals surface area contributed by atoms with E-state index in [-0.39, 0.29) is 5.91 Å². The van der Waals surface area contributed by atoms with Gasteiger partial charge in [-0.2, -0.15) is 0 Å². The van der Waals surface area contributed by atoms with Crippen molar-refractivity contribution in [3.63, 3.8) is 0 Å². The summed E-state index contributed by atoms with van der Waals surface area (Å²) in [6.07, 6.45) is 0.691. The number of nitrogens with one attached hydrogen (secondary N) is 1. The Bertz CT molecular complexity index is 760. The molecule has 0 atom stereocenters. The van der Waals surface area contributed by atoms with E-state index in [1.165, 1.54) is 0 Å². The van der Waals surface area contributed by atoms with E-state index < -0.39 is 0 Å². The SMILES string of the molecule is COc1ccccc1CCNC(=O)c1cc(C)nc(N2CCOCC2)n1. The highest BCUT2D eigenvalue weighted by molar-refractivity contribution is 5.92. The first kappa shape index (κ1) is 18.1. The number of hydrogen-bond acceptors (Lipinski definition) is 6. The van der Waals surface area contributed by atoms with E-state index in [0.717, 1.165) is 30.1 Å². The zero-order valence-corrected chi connectivity index (χ0v) is 15.2. The Morgan fingerprint density at radius 1 is 1.27 bits per heavy atom. The second-order valence-electron chi connectivity index (χ2n) is 6.11. The van der Waals surface area contributed by atoms with Gasteiger partial charge < -0.3 is 19.7 Å². The molecular formula is C19H24N4O3. The highest BCUT2D eigenvalue weighted by Crippen LogP contribution is 2.17. The molecule has 0 saturated carbocycles. The summed E-state index contributed by atoms with van der Waals surface area (Å²) in [4.78, 5) is 23.4. The number of carbonyl (C=O) groups is 1. The van der Waals surface area contributed by atoms with E-state index in [1.54, 1.807) is 13.2 Å². The number of anilines is 1. The van der Waals surface area contributed by atoms with Gasteiger partial charge in [-0.1, -0.05) is 18.2 Å². The summed E-state index contributed by atoms with van der Waals surface area (Å²) in [6, 6.07) is 9.51. The minimum Gasteiger partial charge on any atom is -0.496 e. The molecule has 1 aromatic heterocycles. The number of rotatable bonds is 6. The second-order valence-corrected chi connectivity index (χ2v) is 6.11. The van der Waals surface area contributed by atoms with Crippen molar-refractivity contribution < 1.29 is 14.3 Å². The van der Waals surface area contributed by atoms with Crippen molar-refractivity contribution in [2.24, 2.45) is 0 Å². The lowest BCUT2D eigenvalue weighted by atomic mass is 10.1. The standard InChI is InChI=1S/C19H24N4O3/c1-14-13-16(22-19(21-14)23-9-11-26-12-10-23)18(24)20-8-7-15-5-3-4-6-17(15)25-2/h3-6,13H,7-12H2,1-2H3,(H,20,24). The Balaban J connectivity index is 1.63. The molecule has 1 N–H and O–H groups in total. The van der Waals surface area contributed by atoms with E-state index in [4.69, 9.17) is 9.47 Å². The number of morpholine rings is 1. The van der Waals surface area contributed by atoms with Gasteiger partial charge in [0.25, 0.3) is 5.91 Å². The highest BCUT2D eigenvalue weighted by Gasteiger charge is 2.17. The summed E-state index contributed by atoms with van der Waals surface area (Å²) < 4.78 is 10.7. The molecule has 7 nitrogen and oxygen atoms in total. The van der Waals surface area contributed by atoms with Crippen molar-refractivity contribution >= 4 is 11.9 Å². The predicted octanol–water partition coefficient (Wildman–Crippen LogP) is 1.60. The van der Waals surface area contributed by atoms with Crippen molar-refractivity contribution in [3.05, 3.63) is 47.3 Å². The quantitative estimate of drug-likeness (QED) is 0.847. The number of nitrogens with zero attached hydrogens (tertiary/aromatic N) is 3. The van der Waals surface area contributed by atoms with E-state index >= 15 is 0 Å². The van der Waals surface area contributed by atoms with E-state index in [9.17, 15) is 4.79 Å². The number of para-hydroxylation sites is 1. The van der Waals surface area contributed by atoms with Gasteiger partial charge in [0.2, 0.25) is 5.95 Å². The molecule has 2 heterocycles. The molecule has 2 aromatic rings. The molecule has 3 rings (SSSR count). The van der Waals surface area contributed by atoms with Gasteiger partial charge in [-0.3, -0.25) is 4.79 Å². The maximum Gasteiger partial charge on any atom is 0.270 e. The number of methoxy groups -OCH3 is 1. The van der Waals surface area contributed by atoms with E-state index in [0.29, 0.717) is 37.8 Å². The average Bonchev–Trinajstić information content (AvgIpc) is 2.68. The maximum absolute atomic E-state index is 12.5. The van der Waals surface area contributed by atoms with Crippen LogP contribution >= 0.6 is 0 Å². The largest absolute Gasteiger partial charge is 0.496 e. The maximum atomic E-state index is 12.5. The zero-order chi connectivity index (χ0) is 18.4. The molecular weight excluding hydrogens is 332 g/mol. The Morgan fingerprint density at radius 2 is 2.04 bits per heavy atom. The molecule has 1 aliphatic heterocycles. The lowest BCUT2D eigenvalue weighted by Crippen LogP contribution is -2.38. The van der Waals surface area contributed by atoms with Gasteiger partial charge in [-0.05, 0) is 31.0 Å². The topological polar surface area (TPSA) is 76.6 Å². The summed E-state index contributed by atoms with van der Waals surface area (Å²) in [7, 11) is 1.65. The van der Waals surface area contributed by atoms with Crippen LogP contribution in [0.4, 0.5) is 5.95 Å². The van der Waals surface area contributed by atoms with Crippen molar-refractivity contribution in [1.82, 2.24) is 15.3 Å². The van der Waals surface area contributed by atoms with Gasteiger partial charge in [0, 0.05) is 25.3 Å². The van der Waals surface area contributed by atoms with Crippen molar-refractivity contribution in [3.8, 4) is 5.75 Å². The monoisotopic (exact) mass is 356 g/mol. The third kappa shape index (κ3) is 4.49. The van der Waals surface area contributed by atoms with Crippen LogP contribution in [0, 0.1) is 6.92 Å². The van der Waals surface area contributed by atoms with Crippen LogP contribution < -0.4 is 15.0 Å². The van der Waals surface area contributed by atoms with Crippen LogP contribution in [0.5, 0.6) is 5.75 Å². The first-order valence-electron chi connectivity index (χ1n) is 8.76. The fraction of sp³-hybridized carbons (Fsp3) is 0.421. The van der Waals surface area contributed by atoms with E-state index in [2.05, 4.69) is 15.3 Å². The Morgan fingerprint density at radius 3 is 2.81 bits per heavy atom. The summed E-state index contributed by atoms with van der Waals surface area (Å²) in [5.41, 5.74) is 2.22. The van der Waals surface area contributed by atoms with Crippen LogP contribution in [-0.4, -0.2) is 55.8 Å². The number of hydrogen-bond donors (Lipinski definition) is 1. The summed E-state index contributed by atoms with van der Waals surface area (Å²) in [5.74, 6) is 1.22. The minimum absolute atomic E-state index is 0.195. The molecule has 7 heteroatoms. The molecule has 1 saturated heterocycles. The van der Waals surface area contributed by atoms with Gasteiger partial charge in [0.1, 0.15) is 11.4 Å². The van der Waals surface area contributed by atoms with Gasteiger partial charge >= 0.3 is 0 Å². The number of amides is 1. The molecule has 0 aliphatic carbocycles. The zero-order valence-electron chi connectivity index (χ0n) is 15.2. The molecule has 26 heavy (non-hydrogen) atoms. The molecule has 1 aromatic carbocycles. The van der Waals surface area contributed by atoms with Crippen LogP contribution in [0.25, 0.3) is 0 Å². The molecule has 0 spiro atoms. The minimum atomic E-state index is -0.195. The normalized spacial score (nSPS) is 14.2. The number of aryl methyl sites for hydroxylation is 1. The lowest BCUT2D eigenvalue weighted by molar-refractivity contribution is 0.0948. The summed E-state index contributed by atoms with van der Waals surface area (Å²) in [6.45, 7) is 5.15. The van der Waals surface area contributed by atoms with Gasteiger partial charge in [-0.25, -0.2) is 9.97 Å². The Hall–Kier alpha value is -2.67. The molecule has 0 radical (unpaired) electrons. The molecule has 1 fully saturated rings. The van der Waals surface area contributed by atoms with Gasteiger partial charge in [0.05, 0.1) is 20.3 Å². The number of ether oxygens (including phenoxy) is 2. The van der Waals surface area contributed by atoms with E-state index in [1.807, 2.05) is 36.1 Å². The summed E-state index contributed by atoms with van der Waals surface area (Å²) >= 11 is 0. The van der Waals surface area contributed by atoms with Crippen molar-refractivity contribution in [2.75, 3.05) is 44.9 Å². The Kier molecular flexibility index (Phi) is 6.01. The third-order valence-corrected chi connectivity index (χ3v) is 4.24. The second kappa shape index (κ2) is 8.62. The molecule has 0 unspecified atom stereocenters.